The molecule has 1 unspecified atom stereocenters. The molecule has 0 aromatic carbocycles. The van der Waals surface area contributed by atoms with Crippen LogP contribution in [-0.2, 0) is 4.79 Å². The highest BCUT2D eigenvalue weighted by Crippen LogP contribution is 2.01. The molecule has 0 saturated heterocycles. The van der Waals surface area contributed by atoms with Gasteiger partial charge in [0.15, 0.2) is 5.78 Å². The van der Waals surface area contributed by atoms with Gasteiger partial charge in [0.25, 0.3) is 0 Å². The molecule has 1 aliphatic rings. The lowest BCUT2D eigenvalue weighted by Crippen LogP contribution is -2.27. The van der Waals surface area contributed by atoms with Gasteiger partial charge >= 0.3 is 0 Å². The summed E-state index contributed by atoms with van der Waals surface area (Å²) in [7, 11) is 0. The third kappa shape index (κ3) is 2.34. The monoisotopic (exact) mass is 151 g/mol. The Hall–Kier alpha value is -0.850. The Morgan fingerprint density at radius 3 is 3.18 bits per heavy atom. The zero-order chi connectivity index (χ0) is 8.27. The molecule has 60 valence electrons. The molecule has 0 aromatic rings. The fourth-order valence-electron chi connectivity index (χ4n) is 0.996. The second-order valence-corrected chi connectivity index (χ2v) is 2.90. The standard InChI is InChI=1S/C9H13NO/c1-7-4-3-5-9(6-10-7)8(2)11/h3,7,10H,4,6H2,1-2H3. The topological polar surface area (TPSA) is 29.1 Å². The summed E-state index contributed by atoms with van der Waals surface area (Å²) in [6.45, 7) is 4.34. The first-order chi connectivity index (χ1) is 5.20. The number of hydrogen-bond acceptors (Lipinski definition) is 2. The van der Waals surface area contributed by atoms with Crippen molar-refractivity contribution in [2.24, 2.45) is 0 Å². The van der Waals surface area contributed by atoms with Crippen LogP contribution in [0.3, 0.4) is 0 Å². The summed E-state index contributed by atoms with van der Waals surface area (Å²) < 4.78 is 0. The first-order valence-electron chi connectivity index (χ1n) is 3.88. The summed E-state index contributed by atoms with van der Waals surface area (Å²) in [5.74, 6) is 0.114. The minimum atomic E-state index is 0.114. The molecule has 1 aliphatic heterocycles. The van der Waals surface area contributed by atoms with Crippen LogP contribution in [0.2, 0.25) is 0 Å². The maximum Gasteiger partial charge on any atom is 0.164 e. The average molecular weight is 151 g/mol. The van der Waals surface area contributed by atoms with Crippen molar-refractivity contribution in [3.63, 3.8) is 0 Å². The van der Waals surface area contributed by atoms with Gasteiger partial charge in [-0.15, -0.1) is 5.73 Å². The largest absolute Gasteiger partial charge is 0.309 e. The molecule has 1 N–H and O–H groups in total. The van der Waals surface area contributed by atoms with E-state index in [4.69, 9.17) is 0 Å². The number of Topliss-reactive ketones (excluding diaryl/α,β-unsaturated/α-hetero) is 1. The first kappa shape index (κ1) is 8.25. The van der Waals surface area contributed by atoms with Crippen LogP contribution in [0.4, 0.5) is 0 Å². The predicted molar refractivity (Wildman–Crippen MR) is 44.4 cm³/mol. The lowest BCUT2D eigenvalue weighted by Gasteiger charge is -2.07. The number of rotatable bonds is 1. The molecule has 1 atom stereocenters. The van der Waals surface area contributed by atoms with Crippen molar-refractivity contribution >= 4 is 5.78 Å². The highest BCUT2D eigenvalue weighted by molar-refractivity contribution is 5.93. The minimum absolute atomic E-state index is 0.114. The molecule has 0 spiro atoms. The van der Waals surface area contributed by atoms with E-state index >= 15 is 0 Å². The van der Waals surface area contributed by atoms with E-state index in [1.54, 1.807) is 6.92 Å². The summed E-state index contributed by atoms with van der Waals surface area (Å²) >= 11 is 0. The smallest absolute Gasteiger partial charge is 0.164 e. The van der Waals surface area contributed by atoms with Gasteiger partial charge in [-0.25, -0.2) is 0 Å². The van der Waals surface area contributed by atoms with Crippen molar-refractivity contribution in [3.05, 3.63) is 17.4 Å². The molecule has 0 fully saturated rings. The van der Waals surface area contributed by atoms with Gasteiger partial charge in [-0.05, 0) is 26.3 Å². The van der Waals surface area contributed by atoms with E-state index in [-0.39, 0.29) is 5.78 Å². The second-order valence-electron chi connectivity index (χ2n) is 2.90. The molecule has 1 rings (SSSR count). The van der Waals surface area contributed by atoms with E-state index in [2.05, 4.69) is 18.0 Å². The summed E-state index contributed by atoms with van der Waals surface area (Å²) in [4.78, 5) is 10.9. The summed E-state index contributed by atoms with van der Waals surface area (Å²) in [5, 5.41) is 3.22. The molecule has 2 heteroatoms. The van der Waals surface area contributed by atoms with Gasteiger partial charge < -0.3 is 5.32 Å². The molecule has 1 heterocycles. The Labute approximate surface area is 67.0 Å². The summed E-state index contributed by atoms with van der Waals surface area (Å²) in [6.07, 6.45) is 2.89. The zero-order valence-corrected chi connectivity index (χ0v) is 6.98. The number of carbonyl (C=O) groups is 1. The third-order valence-electron chi connectivity index (χ3n) is 1.80. The molecule has 0 aromatic heterocycles. The zero-order valence-electron chi connectivity index (χ0n) is 6.98. The molecule has 0 amide bonds. The lowest BCUT2D eigenvalue weighted by molar-refractivity contribution is -0.113. The molecule has 2 nitrogen and oxygen atoms in total. The van der Waals surface area contributed by atoms with E-state index in [0.717, 1.165) is 12.0 Å². The second kappa shape index (κ2) is 3.51. The molecule has 11 heavy (non-hydrogen) atoms. The molecule has 0 bridgehead atoms. The average Bonchev–Trinajstić information content (AvgIpc) is 2.13. The fourth-order valence-corrected chi connectivity index (χ4v) is 0.996. The van der Waals surface area contributed by atoms with Crippen molar-refractivity contribution < 1.29 is 4.79 Å². The molecule has 0 saturated carbocycles. The van der Waals surface area contributed by atoms with Crippen LogP contribution in [0.1, 0.15) is 20.3 Å². The van der Waals surface area contributed by atoms with Crippen molar-refractivity contribution in [1.82, 2.24) is 5.32 Å². The van der Waals surface area contributed by atoms with Gasteiger partial charge in [0, 0.05) is 12.6 Å². The Kier molecular flexibility index (Phi) is 2.64. The Morgan fingerprint density at radius 2 is 2.55 bits per heavy atom. The van der Waals surface area contributed by atoms with Gasteiger partial charge in [0.2, 0.25) is 0 Å². The van der Waals surface area contributed by atoms with Gasteiger partial charge in [0.05, 0.1) is 5.57 Å². The van der Waals surface area contributed by atoms with Crippen molar-refractivity contribution in [1.29, 1.82) is 0 Å². The van der Waals surface area contributed by atoms with Crippen molar-refractivity contribution in [2.45, 2.75) is 26.3 Å². The van der Waals surface area contributed by atoms with Crippen LogP contribution in [0.25, 0.3) is 0 Å². The van der Waals surface area contributed by atoms with Crippen LogP contribution >= 0.6 is 0 Å². The predicted octanol–water partition coefficient (Wildman–Crippen LogP) is 1.04. The maximum atomic E-state index is 10.9. The fraction of sp³-hybridized carbons (Fsp3) is 0.556. The van der Waals surface area contributed by atoms with Gasteiger partial charge in [0.1, 0.15) is 0 Å². The number of ketones is 1. The van der Waals surface area contributed by atoms with E-state index in [1.807, 2.05) is 6.08 Å². The maximum absolute atomic E-state index is 10.9. The minimum Gasteiger partial charge on any atom is -0.309 e. The van der Waals surface area contributed by atoms with Crippen LogP contribution in [0, 0.1) is 0 Å². The number of carbonyl (C=O) groups excluding carboxylic acids is 1. The van der Waals surface area contributed by atoms with Crippen LogP contribution in [0.5, 0.6) is 0 Å². The highest BCUT2D eigenvalue weighted by Gasteiger charge is 2.07. The molecular formula is C9H13NO. The summed E-state index contributed by atoms with van der Waals surface area (Å²) in [5.41, 5.74) is 3.75. The van der Waals surface area contributed by atoms with E-state index in [0.29, 0.717) is 12.6 Å². The van der Waals surface area contributed by atoms with Gasteiger partial charge in [-0.1, -0.05) is 0 Å². The molecular weight excluding hydrogens is 138 g/mol. The van der Waals surface area contributed by atoms with Crippen LogP contribution in [-0.4, -0.2) is 18.4 Å². The third-order valence-corrected chi connectivity index (χ3v) is 1.80. The Bertz CT molecular complexity index is 224. The van der Waals surface area contributed by atoms with Crippen molar-refractivity contribution in [2.75, 3.05) is 6.54 Å². The quantitative estimate of drug-likeness (QED) is 0.567. The highest BCUT2D eigenvalue weighted by atomic mass is 16.1. The first-order valence-corrected chi connectivity index (χ1v) is 3.88. The summed E-state index contributed by atoms with van der Waals surface area (Å²) in [6, 6.07) is 0.458. The van der Waals surface area contributed by atoms with E-state index < -0.39 is 0 Å². The van der Waals surface area contributed by atoms with Crippen LogP contribution in [0.15, 0.2) is 17.4 Å². The molecule has 0 aliphatic carbocycles. The number of hydrogen-bond donors (Lipinski definition) is 1. The Balaban J connectivity index is 2.69. The van der Waals surface area contributed by atoms with Gasteiger partial charge in [-0.3, -0.25) is 4.79 Å². The molecule has 0 radical (unpaired) electrons. The SMILES string of the molecule is CC(=O)C1=C=CCC(C)NC1. The number of nitrogens with one attached hydrogen (secondary N) is 1. The van der Waals surface area contributed by atoms with Gasteiger partial charge in [-0.2, -0.15) is 0 Å². The van der Waals surface area contributed by atoms with Crippen LogP contribution < -0.4 is 5.32 Å². The lowest BCUT2D eigenvalue weighted by atomic mass is 10.2. The normalized spacial score (nSPS) is 24.2. The Morgan fingerprint density at radius 1 is 1.82 bits per heavy atom. The van der Waals surface area contributed by atoms with Crippen molar-refractivity contribution in [3.8, 4) is 0 Å². The van der Waals surface area contributed by atoms with E-state index in [1.165, 1.54) is 0 Å². The van der Waals surface area contributed by atoms with E-state index in [9.17, 15) is 4.79 Å².